The first-order chi connectivity index (χ1) is 7.00. The van der Waals surface area contributed by atoms with E-state index in [0.717, 1.165) is 11.6 Å². The first kappa shape index (κ1) is 12.6. The van der Waals surface area contributed by atoms with Crippen LogP contribution < -0.4 is 5.32 Å². The average molecular weight is 227 g/mol. The zero-order valence-electron chi connectivity index (χ0n) is 10.2. The lowest BCUT2D eigenvalue weighted by Gasteiger charge is -2.22. The molecule has 0 aliphatic rings. The standard InChI is InChI=1S/C11H21N3S/c1-8(14(4)5)6-12-9(2)11-7-13-10(3)15-11/h7-9,12H,6H2,1-5H3. The van der Waals surface area contributed by atoms with Crippen LogP contribution in [0.2, 0.25) is 0 Å². The Labute approximate surface area is 96.5 Å². The molecule has 1 aromatic rings. The molecule has 4 heteroatoms. The molecule has 1 aromatic heterocycles. The van der Waals surface area contributed by atoms with Gasteiger partial charge in [-0.2, -0.15) is 0 Å². The summed E-state index contributed by atoms with van der Waals surface area (Å²) in [4.78, 5) is 7.81. The fraction of sp³-hybridized carbons (Fsp3) is 0.727. The van der Waals surface area contributed by atoms with Gasteiger partial charge in [-0.05, 0) is 34.9 Å². The molecule has 0 saturated heterocycles. The van der Waals surface area contributed by atoms with E-state index in [1.54, 1.807) is 11.3 Å². The molecule has 0 bridgehead atoms. The van der Waals surface area contributed by atoms with Gasteiger partial charge in [0, 0.05) is 29.7 Å². The summed E-state index contributed by atoms with van der Waals surface area (Å²) < 4.78 is 0. The van der Waals surface area contributed by atoms with Crippen LogP contribution in [-0.2, 0) is 0 Å². The number of hydrogen-bond donors (Lipinski definition) is 1. The molecule has 0 aromatic carbocycles. The summed E-state index contributed by atoms with van der Waals surface area (Å²) in [5.41, 5.74) is 0. The van der Waals surface area contributed by atoms with Crippen LogP contribution in [0.25, 0.3) is 0 Å². The molecule has 1 rings (SSSR count). The summed E-state index contributed by atoms with van der Waals surface area (Å²) >= 11 is 1.77. The van der Waals surface area contributed by atoms with E-state index in [9.17, 15) is 0 Å². The maximum Gasteiger partial charge on any atom is 0.0897 e. The van der Waals surface area contributed by atoms with E-state index in [0.29, 0.717) is 12.1 Å². The highest BCUT2D eigenvalue weighted by atomic mass is 32.1. The zero-order chi connectivity index (χ0) is 11.4. The van der Waals surface area contributed by atoms with Gasteiger partial charge in [-0.3, -0.25) is 0 Å². The largest absolute Gasteiger partial charge is 0.308 e. The SMILES string of the molecule is Cc1ncc(C(C)NCC(C)N(C)C)s1. The van der Waals surface area contributed by atoms with Crippen LogP contribution in [0.4, 0.5) is 0 Å². The summed E-state index contributed by atoms with van der Waals surface area (Å²) in [7, 11) is 4.21. The van der Waals surface area contributed by atoms with Crippen LogP contribution in [0.15, 0.2) is 6.20 Å². The quantitative estimate of drug-likeness (QED) is 0.834. The van der Waals surface area contributed by atoms with Gasteiger partial charge in [0.15, 0.2) is 0 Å². The van der Waals surface area contributed by atoms with Gasteiger partial charge in [0.25, 0.3) is 0 Å². The van der Waals surface area contributed by atoms with E-state index >= 15 is 0 Å². The summed E-state index contributed by atoms with van der Waals surface area (Å²) in [6.45, 7) is 7.46. The zero-order valence-corrected chi connectivity index (χ0v) is 11.1. The Kier molecular flexibility index (Phi) is 4.70. The van der Waals surface area contributed by atoms with Crippen molar-refractivity contribution in [2.45, 2.75) is 32.9 Å². The highest BCUT2D eigenvalue weighted by Gasteiger charge is 2.10. The van der Waals surface area contributed by atoms with E-state index < -0.39 is 0 Å². The molecule has 0 spiro atoms. The lowest BCUT2D eigenvalue weighted by molar-refractivity contribution is 0.296. The second-order valence-corrected chi connectivity index (χ2v) is 5.49. The number of nitrogens with zero attached hydrogens (tertiary/aromatic N) is 2. The van der Waals surface area contributed by atoms with Gasteiger partial charge < -0.3 is 10.2 Å². The molecular weight excluding hydrogens is 206 g/mol. The molecule has 1 N–H and O–H groups in total. The van der Waals surface area contributed by atoms with Crippen molar-refractivity contribution in [1.29, 1.82) is 0 Å². The number of aryl methyl sites for hydroxylation is 1. The molecule has 2 atom stereocenters. The number of hydrogen-bond acceptors (Lipinski definition) is 4. The van der Waals surface area contributed by atoms with Gasteiger partial charge in [0.1, 0.15) is 0 Å². The minimum absolute atomic E-state index is 0.401. The maximum atomic E-state index is 4.27. The van der Waals surface area contributed by atoms with Crippen molar-refractivity contribution in [1.82, 2.24) is 15.2 Å². The first-order valence-corrected chi connectivity index (χ1v) is 6.14. The van der Waals surface area contributed by atoms with E-state index in [1.165, 1.54) is 4.88 Å². The Morgan fingerprint density at radius 1 is 1.47 bits per heavy atom. The van der Waals surface area contributed by atoms with Crippen LogP contribution in [0.1, 0.15) is 29.8 Å². The molecule has 2 unspecified atom stereocenters. The highest BCUT2D eigenvalue weighted by Crippen LogP contribution is 2.19. The van der Waals surface area contributed by atoms with Gasteiger partial charge in [0.2, 0.25) is 0 Å². The Morgan fingerprint density at radius 3 is 2.60 bits per heavy atom. The first-order valence-electron chi connectivity index (χ1n) is 5.33. The van der Waals surface area contributed by atoms with Crippen LogP contribution in [-0.4, -0.2) is 36.6 Å². The molecule has 0 aliphatic heterocycles. The summed E-state index contributed by atoms with van der Waals surface area (Å²) in [5.74, 6) is 0. The Hall–Kier alpha value is -0.450. The molecule has 0 aliphatic carbocycles. The highest BCUT2D eigenvalue weighted by molar-refractivity contribution is 7.11. The molecule has 86 valence electrons. The summed E-state index contributed by atoms with van der Waals surface area (Å²) in [6, 6.07) is 0.958. The van der Waals surface area contributed by atoms with E-state index in [1.807, 2.05) is 13.1 Å². The molecule has 0 fully saturated rings. The number of nitrogens with one attached hydrogen (secondary N) is 1. The number of rotatable bonds is 5. The van der Waals surface area contributed by atoms with Crippen LogP contribution >= 0.6 is 11.3 Å². The van der Waals surface area contributed by atoms with Crippen molar-refractivity contribution >= 4 is 11.3 Å². The minimum atomic E-state index is 0.401. The van der Waals surface area contributed by atoms with E-state index in [-0.39, 0.29) is 0 Å². The summed E-state index contributed by atoms with van der Waals surface area (Å²) in [6.07, 6.45) is 1.97. The van der Waals surface area contributed by atoms with Crippen molar-refractivity contribution in [2.75, 3.05) is 20.6 Å². The molecule has 0 radical (unpaired) electrons. The van der Waals surface area contributed by atoms with Gasteiger partial charge in [0.05, 0.1) is 5.01 Å². The molecule has 0 saturated carbocycles. The Balaban J connectivity index is 2.39. The second kappa shape index (κ2) is 5.58. The number of aromatic nitrogens is 1. The van der Waals surface area contributed by atoms with Crippen molar-refractivity contribution in [3.63, 3.8) is 0 Å². The Morgan fingerprint density at radius 2 is 2.13 bits per heavy atom. The van der Waals surface area contributed by atoms with E-state index in [2.05, 4.69) is 43.1 Å². The van der Waals surface area contributed by atoms with Gasteiger partial charge in [-0.1, -0.05) is 0 Å². The van der Waals surface area contributed by atoms with Gasteiger partial charge >= 0.3 is 0 Å². The van der Waals surface area contributed by atoms with Crippen molar-refractivity contribution in [2.24, 2.45) is 0 Å². The van der Waals surface area contributed by atoms with Crippen LogP contribution in [0.5, 0.6) is 0 Å². The third-order valence-electron chi connectivity index (χ3n) is 2.67. The average Bonchev–Trinajstić information content (AvgIpc) is 2.60. The third kappa shape index (κ3) is 3.89. The fourth-order valence-electron chi connectivity index (χ4n) is 1.21. The summed E-state index contributed by atoms with van der Waals surface area (Å²) in [5, 5.41) is 4.66. The predicted octanol–water partition coefficient (Wildman–Crippen LogP) is 2.05. The molecule has 3 nitrogen and oxygen atoms in total. The molecule has 15 heavy (non-hydrogen) atoms. The second-order valence-electron chi connectivity index (χ2n) is 4.22. The third-order valence-corrected chi connectivity index (χ3v) is 3.76. The smallest absolute Gasteiger partial charge is 0.0897 e. The lowest BCUT2D eigenvalue weighted by atomic mass is 10.2. The monoisotopic (exact) mass is 227 g/mol. The van der Waals surface area contributed by atoms with Crippen molar-refractivity contribution < 1.29 is 0 Å². The van der Waals surface area contributed by atoms with Gasteiger partial charge in [-0.15, -0.1) is 11.3 Å². The van der Waals surface area contributed by atoms with E-state index in [4.69, 9.17) is 0 Å². The Bertz CT molecular complexity index is 296. The predicted molar refractivity (Wildman–Crippen MR) is 66.4 cm³/mol. The van der Waals surface area contributed by atoms with Gasteiger partial charge in [-0.25, -0.2) is 4.98 Å². The minimum Gasteiger partial charge on any atom is -0.308 e. The molecular formula is C11H21N3S. The van der Waals surface area contributed by atoms with Crippen molar-refractivity contribution in [3.05, 3.63) is 16.1 Å². The fourth-order valence-corrected chi connectivity index (χ4v) is 2.02. The molecule has 1 heterocycles. The van der Waals surface area contributed by atoms with Crippen molar-refractivity contribution in [3.8, 4) is 0 Å². The van der Waals surface area contributed by atoms with Crippen LogP contribution in [0, 0.1) is 6.92 Å². The number of likely N-dealkylation sites (N-methyl/N-ethyl adjacent to an activating group) is 1. The molecule has 0 amide bonds. The maximum absolute atomic E-state index is 4.27. The normalized spacial score (nSPS) is 15.6. The number of thiazole rings is 1. The topological polar surface area (TPSA) is 28.2 Å². The lowest BCUT2D eigenvalue weighted by Crippen LogP contribution is -2.36. The van der Waals surface area contributed by atoms with Crippen LogP contribution in [0.3, 0.4) is 0 Å².